The van der Waals surface area contributed by atoms with Gasteiger partial charge in [0.15, 0.2) is 0 Å². The number of aromatic hydroxyl groups is 1. The van der Waals surface area contributed by atoms with Crippen molar-refractivity contribution in [2.24, 2.45) is 0 Å². The largest absolute Gasteiger partial charge is 0.573 e. The Morgan fingerprint density at radius 1 is 1.20 bits per heavy atom. The maximum absolute atomic E-state index is 12.3. The van der Waals surface area contributed by atoms with E-state index < -0.39 is 29.9 Å². The minimum Gasteiger partial charge on any atom is -0.507 e. The Labute approximate surface area is 80.9 Å². The van der Waals surface area contributed by atoms with Gasteiger partial charge in [-0.1, -0.05) is 6.07 Å². The van der Waals surface area contributed by atoms with Crippen LogP contribution in [-0.2, 0) is 0 Å². The lowest BCUT2D eigenvalue weighted by Gasteiger charge is -2.13. The molecular formula is C8H5F5O2. The molecule has 0 atom stereocenters. The molecule has 0 aliphatic heterocycles. The average Bonchev–Trinajstić information content (AvgIpc) is 1.99. The van der Waals surface area contributed by atoms with Crippen molar-refractivity contribution in [3.63, 3.8) is 0 Å². The first-order valence-corrected chi connectivity index (χ1v) is 3.67. The van der Waals surface area contributed by atoms with Crippen molar-refractivity contribution in [1.82, 2.24) is 0 Å². The number of alkyl halides is 5. The van der Waals surface area contributed by atoms with E-state index in [9.17, 15) is 22.0 Å². The minimum absolute atomic E-state index is 0.703. The minimum atomic E-state index is -5.07. The van der Waals surface area contributed by atoms with Gasteiger partial charge in [-0.15, -0.1) is 13.2 Å². The van der Waals surface area contributed by atoms with Crippen molar-refractivity contribution >= 4 is 0 Å². The molecule has 0 saturated heterocycles. The SMILES string of the molecule is Oc1cccc(OC(F)(F)F)c1C(F)F. The van der Waals surface area contributed by atoms with Crippen LogP contribution in [-0.4, -0.2) is 11.5 Å². The molecule has 2 nitrogen and oxygen atoms in total. The molecule has 15 heavy (non-hydrogen) atoms. The first-order valence-electron chi connectivity index (χ1n) is 3.67. The fraction of sp³-hybridized carbons (Fsp3) is 0.250. The van der Waals surface area contributed by atoms with Crippen LogP contribution in [0.25, 0.3) is 0 Å². The van der Waals surface area contributed by atoms with Crippen LogP contribution in [0.1, 0.15) is 12.0 Å². The molecule has 0 aromatic heterocycles. The number of phenols is 1. The van der Waals surface area contributed by atoms with Crippen LogP contribution in [0.2, 0.25) is 0 Å². The molecule has 84 valence electrons. The van der Waals surface area contributed by atoms with E-state index in [-0.39, 0.29) is 0 Å². The van der Waals surface area contributed by atoms with Crippen LogP contribution in [0.4, 0.5) is 22.0 Å². The second kappa shape index (κ2) is 3.92. The van der Waals surface area contributed by atoms with Crippen LogP contribution in [0.5, 0.6) is 11.5 Å². The Morgan fingerprint density at radius 3 is 2.27 bits per heavy atom. The Kier molecular flexibility index (Phi) is 3.01. The standard InChI is InChI=1S/C8H5F5O2/c9-7(10)6-4(14)2-1-3-5(6)15-8(11,12)13/h1-3,7,14H. The zero-order chi connectivity index (χ0) is 11.6. The maximum atomic E-state index is 12.3. The molecule has 7 heteroatoms. The lowest BCUT2D eigenvalue weighted by molar-refractivity contribution is -0.275. The van der Waals surface area contributed by atoms with Gasteiger partial charge < -0.3 is 9.84 Å². The molecule has 0 heterocycles. The van der Waals surface area contributed by atoms with E-state index in [1.165, 1.54) is 0 Å². The molecule has 1 aromatic carbocycles. The van der Waals surface area contributed by atoms with Crippen molar-refractivity contribution in [1.29, 1.82) is 0 Å². The van der Waals surface area contributed by atoms with Crippen LogP contribution < -0.4 is 4.74 Å². The third-order valence-electron chi connectivity index (χ3n) is 1.49. The lowest BCUT2D eigenvalue weighted by Crippen LogP contribution is -2.18. The zero-order valence-electron chi connectivity index (χ0n) is 7.05. The quantitative estimate of drug-likeness (QED) is 0.787. The van der Waals surface area contributed by atoms with Crippen LogP contribution in [0.15, 0.2) is 18.2 Å². The molecule has 1 N–H and O–H groups in total. The average molecular weight is 228 g/mol. The van der Waals surface area contributed by atoms with Crippen molar-refractivity contribution < 1.29 is 31.8 Å². The third kappa shape index (κ3) is 2.97. The van der Waals surface area contributed by atoms with Crippen molar-refractivity contribution in [3.8, 4) is 11.5 Å². The molecule has 0 saturated carbocycles. The third-order valence-corrected chi connectivity index (χ3v) is 1.49. The molecule has 0 aliphatic rings. The number of hydrogen-bond donors (Lipinski definition) is 1. The number of ether oxygens (including phenoxy) is 1. The fourth-order valence-corrected chi connectivity index (χ4v) is 0.965. The van der Waals surface area contributed by atoms with Crippen LogP contribution in [0.3, 0.4) is 0 Å². The number of phenolic OH excluding ortho intramolecular Hbond substituents is 1. The first-order chi connectivity index (χ1) is 6.81. The Morgan fingerprint density at radius 2 is 1.80 bits per heavy atom. The number of halogens is 5. The topological polar surface area (TPSA) is 29.5 Å². The summed E-state index contributed by atoms with van der Waals surface area (Å²) in [7, 11) is 0. The van der Waals surface area contributed by atoms with Gasteiger partial charge in [0, 0.05) is 0 Å². The molecule has 0 amide bonds. The van der Waals surface area contributed by atoms with E-state index in [0.29, 0.717) is 6.07 Å². The van der Waals surface area contributed by atoms with E-state index in [1.54, 1.807) is 0 Å². The first kappa shape index (κ1) is 11.5. The molecule has 0 spiro atoms. The smallest absolute Gasteiger partial charge is 0.507 e. The van der Waals surface area contributed by atoms with Gasteiger partial charge in [-0.2, -0.15) is 0 Å². The van der Waals surface area contributed by atoms with Gasteiger partial charge in [0.05, 0.1) is 0 Å². The Hall–Kier alpha value is -1.53. The van der Waals surface area contributed by atoms with Gasteiger partial charge in [-0.05, 0) is 12.1 Å². The summed E-state index contributed by atoms with van der Waals surface area (Å²) in [5.41, 5.74) is -1.17. The van der Waals surface area contributed by atoms with E-state index in [4.69, 9.17) is 5.11 Å². The summed E-state index contributed by atoms with van der Waals surface area (Å²) in [6.45, 7) is 0. The predicted octanol–water partition coefficient (Wildman–Crippen LogP) is 3.23. The van der Waals surface area contributed by atoms with Crippen molar-refractivity contribution in [3.05, 3.63) is 23.8 Å². The molecule has 0 bridgehead atoms. The number of hydrogen-bond acceptors (Lipinski definition) is 2. The summed E-state index contributed by atoms with van der Waals surface area (Å²) in [6.07, 6.45) is -8.32. The molecule has 1 aromatic rings. The summed E-state index contributed by atoms with van der Waals surface area (Å²) >= 11 is 0. The van der Waals surface area contributed by atoms with Gasteiger partial charge in [-0.3, -0.25) is 0 Å². The van der Waals surface area contributed by atoms with E-state index in [0.717, 1.165) is 12.1 Å². The van der Waals surface area contributed by atoms with Gasteiger partial charge in [0.25, 0.3) is 6.43 Å². The molecule has 0 fully saturated rings. The summed E-state index contributed by atoms with van der Waals surface area (Å²) in [5, 5.41) is 8.93. The van der Waals surface area contributed by atoms with Gasteiger partial charge in [-0.25, -0.2) is 8.78 Å². The monoisotopic (exact) mass is 228 g/mol. The summed E-state index contributed by atoms with van der Waals surface area (Å²) < 4.78 is 63.2. The molecule has 1 rings (SSSR count). The maximum Gasteiger partial charge on any atom is 0.573 e. The summed E-state index contributed by atoms with van der Waals surface area (Å²) in [4.78, 5) is 0. The highest BCUT2D eigenvalue weighted by Crippen LogP contribution is 2.38. The summed E-state index contributed by atoms with van der Waals surface area (Å²) in [5.74, 6) is -2.04. The highest BCUT2D eigenvalue weighted by molar-refractivity contribution is 5.44. The molecule has 0 aliphatic carbocycles. The number of rotatable bonds is 2. The van der Waals surface area contributed by atoms with Crippen molar-refractivity contribution in [2.45, 2.75) is 12.8 Å². The molecule has 0 unspecified atom stereocenters. The molecular weight excluding hydrogens is 223 g/mol. The second-order valence-corrected chi connectivity index (χ2v) is 2.54. The summed E-state index contributed by atoms with van der Waals surface area (Å²) in [6, 6.07) is 2.53. The van der Waals surface area contributed by atoms with Crippen molar-refractivity contribution in [2.75, 3.05) is 0 Å². The van der Waals surface area contributed by atoms with Crippen LogP contribution >= 0.6 is 0 Å². The second-order valence-electron chi connectivity index (χ2n) is 2.54. The predicted molar refractivity (Wildman–Crippen MR) is 39.7 cm³/mol. The van der Waals surface area contributed by atoms with Gasteiger partial charge in [0.2, 0.25) is 0 Å². The Balaban J connectivity index is 3.12. The number of benzene rings is 1. The van der Waals surface area contributed by atoms with E-state index in [1.807, 2.05) is 0 Å². The molecule has 0 radical (unpaired) electrons. The lowest BCUT2D eigenvalue weighted by atomic mass is 10.2. The zero-order valence-corrected chi connectivity index (χ0v) is 7.05. The normalized spacial score (nSPS) is 11.9. The highest BCUT2D eigenvalue weighted by Gasteiger charge is 2.34. The van der Waals surface area contributed by atoms with Gasteiger partial charge >= 0.3 is 6.36 Å². The fourth-order valence-electron chi connectivity index (χ4n) is 0.965. The Bertz CT molecular complexity index is 347. The van der Waals surface area contributed by atoms with Gasteiger partial charge in [0.1, 0.15) is 17.1 Å². The van der Waals surface area contributed by atoms with E-state index >= 15 is 0 Å². The van der Waals surface area contributed by atoms with E-state index in [2.05, 4.69) is 4.74 Å². The van der Waals surface area contributed by atoms with Crippen LogP contribution in [0, 0.1) is 0 Å². The highest BCUT2D eigenvalue weighted by atomic mass is 19.4.